The Morgan fingerprint density at radius 1 is 0.973 bits per heavy atom. The molecule has 1 aliphatic rings. The van der Waals surface area contributed by atoms with Gasteiger partial charge in [0.1, 0.15) is 18.1 Å². The van der Waals surface area contributed by atoms with Crippen molar-refractivity contribution in [1.82, 2.24) is 0 Å². The average molecular weight is 501 g/mol. The van der Waals surface area contributed by atoms with Crippen LogP contribution in [0.15, 0.2) is 72.8 Å². The Bertz CT molecular complexity index is 1200. The first-order valence-corrected chi connectivity index (χ1v) is 13.2. The maximum absolute atomic E-state index is 13.4. The predicted octanol–water partition coefficient (Wildman–Crippen LogP) is 7.37. The Morgan fingerprint density at radius 2 is 1.73 bits per heavy atom. The van der Waals surface area contributed by atoms with E-state index in [1.54, 1.807) is 24.3 Å². The van der Waals surface area contributed by atoms with Gasteiger partial charge in [0, 0.05) is 5.56 Å². The van der Waals surface area contributed by atoms with Crippen LogP contribution in [-0.4, -0.2) is 18.5 Å². The summed E-state index contributed by atoms with van der Waals surface area (Å²) in [6.07, 6.45) is 4.74. The van der Waals surface area contributed by atoms with Gasteiger partial charge in [-0.25, -0.2) is 4.79 Å². The number of esters is 2. The van der Waals surface area contributed by atoms with Crippen molar-refractivity contribution in [2.24, 2.45) is 0 Å². The number of fused-ring (bicyclic) bond motifs is 1. The summed E-state index contributed by atoms with van der Waals surface area (Å²) in [6, 6.07) is 22.2. The molecule has 3 aromatic carbocycles. The van der Waals surface area contributed by atoms with Gasteiger partial charge in [-0.2, -0.15) is 0 Å². The maximum Gasteiger partial charge on any atom is 0.338 e. The van der Waals surface area contributed by atoms with Crippen LogP contribution < -0.4 is 9.47 Å². The third kappa shape index (κ3) is 6.79. The molecule has 5 heteroatoms. The molecule has 0 saturated heterocycles. The highest BCUT2D eigenvalue weighted by atomic mass is 16.5. The number of carbonyl (C=O) groups is 2. The largest absolute Gasteiger partial charge is 0.493 e. The van der Waals surface area contributed by atoms with Crippen molar-refractivity contribution in [2.75, 3.05) is 6.61 Å². The molecule has 0 spiro atoms. The molecule has 1 heterocycles. The summed E-state index contributed by atoms with van der Waals surface area (Å²) in [5.74, 6) is 0.232. The predicted molar refractivity (Wildman–Crippen MR) is 144 cm³/mol. The molecule has 0 fully saturated rings. The van der Waals surface area contributed by atoms with Crippen LogP contribution in [0.1, 0.15) is 85.8 Å². The summed E-state index contributed by atoms with van der Waals surface area (Å²) in [7, 11) is 0. The molecule has 0 amide bonds. The minimum absolute atomic E-state index is 0.00752. The summed E-state index contributed by atoms with van der Waals surface area (Å²) in [4.78, 5) is 25.8. The third-order valence-electron chi connectivity index (χ3n) is 7.02. The molecule has 0 bridgehead atoms. The van der Waals surface area contributed by atoms with E-state index in [0.29, 0.717) is 17.9 Å². The van der Waals surface area contributed by atoms with Crippen molar-refractivity contribution in [3.8, 4) is 11.5 Å². The number of benzene rings is 3. The van der Waals surface area contributed by atoms with Crippen LogP contribution in [0.5, 0.6) is 11.5 Å². The van der Waals surface area contributed by atoms with Crippen LogP contribution in [0, 0.1) is 0 Å². The van der Waals surface area contributed by atoms with Crippen LogP contribution >= 0.6 is 0 Å². The van der Waals surface area contributed by atoms with E-state index in [1.165, 1.54) is 0 Å². The number of carbonyl (C=O) groups excluding carboxylic acids is 2. The van der Waals surface area contributed by atoms with Crippen LogP contribution in [-0.2, 0) is 21.6 Å². The lowest BCUT2D eigenvalue weighted by atomic mass is 9.78. The second kappa shape index (κ2) is 12.1. The van der Waals surface area contributed by atoms with Crippen molar-refractivity contribution in [2.45, 2.75) is 70.8 Å². The van der Waals surface area contributed by atoms with Gasteiger partial charge < -0.3 is 14.2 Å². The molecule has 3 aromatic rings. The zero-order valence-electron chi connectivity index (χ0n) is 22.0. The van der Waals surface area contributed by atoms with Crippen molar-refractivity contribution >= 4 is 11.9 Å². The Kier molecular flexibility index (Phi) is 8.65. The Morgan fingerprint density at radius 3 is 2.46 bits per heavy atom. The molecule has 4 rings (SSSR count). The van der Waals surface area contributed by atoms with Gasteiger partial charge >= 0.3 is 11.9 Å². The monoisotopic (exact) mass is 500 g/mol. The second-order valence-electron chi connectivity index (χ2n) is 10.3. The van der Waals surface area contributed by atoms with Gasteiger partial charge in [0.05, 0.1) is 18.1 Å². The van der Waals surface area contributed by atoms with Crippen molar-refractivity contribution < 1.29 is 23.8 Å². The van der Waals surface area contributed by atoms with E-state index in [2.05, 4.69) is 26.8 Å². The number of hydrogen-bond acceptors (Lipinski definition) is 5. The first-order valence-electron chi connectivity index (χ1n) is 13.2. The van der Waals surface area contributed by atoms with Gasteiger partial charge in [0.25, 0.3) is 0 Å². The quantitative estimate of drug-likeness (QED) is 0.165. The zero-order valence-corrected chi connectivity index (χ0v) is 22.0. The van der Waals surface area contributed by atoms with Crippen LogP contribution in [0.25, 0.3) is 0 Å². The molecule has 0 aliphatic carbocycles. The highest BCUT2D eigenvalue weighted by molar-refractivity contribution is 5.89. The van der Waals surface area contributed by atoms with Crippen molar-refractivity contribution in [1.29, 1.82) is 0 Å². The molecule has 1 aliphatic heterocycles. The molecular weight excluding hydrogens is 464 g/mol. The fraction of sp³-hybridized carbons (Fsp3) is 0.375. The molecule has 0 saturated carbocycles. The number of rotatable bonds is 10. The molecule has 0 radical (unpaired) electrons. The van der Waals surface area contributed by atoms with Gasteiger partial charge in [-0.3, -0.25) is 4.79 Å². The van der Waals surface area contributed by atoms with Gasteiger partial charge in [-0.05, 0) is 59.7 Å². The molecular formula is C32H36O5. The molecule has 0 N–H and O–H groups in total. The first-order chi connectivity index (χ1) is 17.9. The third-order valence-corrected chi connectivity index (χ3v) is 7.02. The van der Waals surface area contributed by atoms with Gasteiger partial charge in [0.15, 0.2) is 0 Å². The Hall–Kier alpha value is -3.60. The van der Waals surface area contributed by atoms with Crippen LogP contribution in [0.2, 0.25) is 0 Å². The van der Waals surface area contributed by atoms with E-state index < -0.39 is 5.97 Å². The summed E-state index contributed by atoms with van der Waals surface area (Å²) in [6.45, 7) is 7.50. The molecule has 194 valence electrons. The zero-order chi connectivity index (χ0) is 26.3. The topological polar surface area (TPSA) is 61.8 Å². The Balaban J connectivity index is 1.45. The minimum Gasteiger partial charge on any atom is -0.493 e. The molecule has 37 heavy (non-hydrogen) atoms. The Labute approximate surface area is 219 Å². The number of hydrogen-bond donors (Lipinski definition) is 0. The molecule has 1 atom stereocenters. The summed E-state index contributed by atoms with van der Waals surface area (Å²) in [5.41, 5.74) is 3.43. The lowest BCUT2D eigenvalue weighted by molar-refractivity contribution is -0.136. The average Bonchev–Trinajstić information content (AvgIpc) is 2.90. The molecule has 5 nitrogen and oxygen atoms in total. The summed E-state index contributed by atoms with van der Waals surface area (Å²) >= 11 is 0. The van der Waals surface area contributed by atoms with Crippen LogP contribution in [0.4, 0.5) is 0 Å². The smallest absolute Gasteiger partial charge is 0.338 e. The standard InChI is InChI=1S/C32H36O5/c1-4-5-7-12-27(25-15-18-29-28(21-25)32(2,3)19-20-35-29)31(34)37-26-16-13-24(14-17-26)30(33)36-22-23-10-8-6-9-11-23/h6,8-11,13-18,21,27H,4-5,7,12,19-20,22H2,1-3H3/t27-/m1/s1. The molecule has 0 unspecified atom stereocenters. The number of ether oxygens (including phenoxy) is 3. The van der Waals surface area contributed by atoms with Gasteiger partial charge in [-0.15, -0.1) is 0 Å². The van der Waals surface area contributed by atoms with Gasteiger partial charge in [0.2, 0.25) is 0 Å². The number of unbranched alkanes of at least 4 members (excludes halogenated alkanes) is 2. The lowest BCUT2D eigenvalue weighted by Gasteiger charge is -2.33. The summed E-state index contributed by atoms with van der Waals surface area (Å²) in [5, 5.41) is 0. The van der Waals surface area contributed by atoms with E-state index in [4.69, 9.17) is 14.2 Å². The normalized spacial score (nSPS) is 14.7. The fourth-order valence-electron chi connectivity index (χ4n) is 4.64. The lowest BCUT2D eigenvalue weighted by Crippen LogP contribution is -2.27. The minimum atomic E-state index is -0.418. The van der Waals surface area contributed by atoms with Gasteiger partial charge in [-0.1, -0.05) is 82.5 Å². The highest BCUT2D eigenvalue weighted by Gasteiger charge is 2.31. The maximum atomic E-state index is 13.4. The van der Waals surface area contributed by atoms with E-state index in [0.717, 1.165) is 54.5 Å². The van der Waals surface area contributed by atoms with Crippen LogP contribution in [0.3, 0.4) is 0 Å². The van der Waals surface area contributed by atoms with Crippen molar-refractivity contribution in [3.63, 3.8) is 0 Å². The van der Waals surface area contributed by atoms with E-state index >= 15 is 0 Å². The summed E-state index contributed by atoms with van der Waals surface area (Å²) < 4.78 is 17.1. The highest BCUT2D eigenvalue weighted by Crippen LogP contribution is 2.40. The molecule has 0 aromatic heterocycles. The van der Waals surface area contributed by atoms with E-state index in [9.17, 15) is 9.59 Å². The van der Waals surface area contributed by atoms with Crippen molar-refractivity contribution in [3.05, 3.63) is 95.1 Å². The first kappa shape index (κ1) is 26.5. The fourth-order valence-corrected chi connectivity index (χ4v) is 4.64. The second-order valence-corrected chi connectivity index (χ2v) is 10.3. The van der Waals surface area contributed by atoms with E-state index in [-0.39, 0.29) is 23.9 Å². The SMILES string of the molecule is CCCCC[C@@H](C(=O)Oc1ccc(C(=O)OCc2ccccc2)cc1)c1ccc2c(c1)C(C)(C)CCO2. The van der Waals surface area contributed by atoms with E-state index in [1.807, 2.05) is 42.5 Å².